The predicted octanol–water partition coefficient (Wildman–Crippen LogP) is 4.01. The third-order valence-electron chi connectivity index (χ3n) is 5.63. The molecule has 0 bridgehead atoms. The standard InChI is InChI=1S/C19H27F2N3O.HI/c1-11(13-8-7-12(20)10-15(13)21)23-18(22-4)24-16-14-6-5-9-25-17(14)19(16,2)3;/h7-8,10-11,14,16-17H,5-6,9H2,1-4H3,(H2,22,23,24);1H. The summed E-state index contributed by atoms with van der Waals surface area (Å²) in [5, 5.41) is 6.70. The molecule has 0 spiro atoms. The van der Waals surface area contributed by atoms with Gasteiger partial charge in [0, 0.05) is 42.7 Å². The Morgan fingerprint density at radius 2 is 2.08 bits per heavy atom. The summed E-state index contributed by atoms with van der Waals surface area (Å²) in [6, 6.07) is 3.57. The van der Waals surface area contributed by atoms with Crippen LogP contribution in [0.15, 0.2) is 23.2 Å². The van der Waals surface area contributed by atoms with Gasteiger partial charge in [-0.15, -0.1) is 24.0 Å². The topological polar surface area (TPSA) is 45.7 Å². The Morgan fingerprint density at radius 3 is 2.73 bits per heavy atom. The molecule has 146 valence electrons. The van der Waals surface area contributed by atoms with Gasteiger partial charge >= 0.3 is 0 Å². The van der Waals surface area contributed by atoms with Crippen molar-refractivity contribution in [3.05, 3.63) is 35.4 Å². The zero-order valence-corrected chi connectivity index (χ0v) is 18.0. The third kappa shape index (κ3) is 3.98. The molecule has 2 N–H and O–H groups in total. The summed E-state index contributed by atoms with van der Waals surface area (Å²) in [7, 11) is 1.70. The van der Waals surface area contributed by atoms with Crippen LogP contribution < -0.4 is 10.6 Å². The number of hydrogen-bond donors (Lipinski definition) is 2. The van der Waals surface area contributed by atoms with Crippen molar-refractivity contribution >= 4 is 29.9 Å². The van der Waals surface area contributed by atoms with Crippen molar-refractivity contribution < 1.29 is 13.5 Å². The van der Waals surface area contributed by atoms with Crippen LogP contribution in [-0.4, -0.2) is 31.8 Å². The SMILES string of the molecule is CN=C(NC(C)c1ccc(F)cc1F)NC1C2CCCOC2C1(C)C.I. The number of rotatable bonds is 3. The summed E-state index contributed by atoms with van der Waals surface area (Å²) in [5.41, 5.74) is 0.434. The molecule has 4 nitrogen and oxygen atoms in total. The van der Waals surface area contributed by atoms with E-state index in [4.69, 9.17) is 4.74 Å². The molecular formula is C19H28F2IN3O. The minimum atomic E-state index is -0.574. The number of hydrogen-bond acceptors (Lipinski definition) is 2. The Bertz CT molecular complexity index is 668. The highest BCUT2D eigenvalue weighted by Crippen LogP contribution is 2.51. The van der Waals surface area contributed by atoms with Gasteiger partial charge in [-0.2, -0.15) is 0 Å². The van der Waals surface area contributed by atoms with E-state index in [9.17, 15) is 8.78 Å². The first kappa shape index (κ1) is 21.3. The molecular weight excluding hydrogens is 451 g/mol. The zero-order chi connectivity index (χ0) is 18.2. The molecule has 0 amide bonds. The van der Waals surface area contributed by atoms with E-state index in [1.807, 2.05) is 6.92 Å². The lowest BCUT2D eigenvalue weighted by Gasteiger charge is -2.60. The second kappa shape index (κ2) is 8.37. The largest absolute Gasteiger partial charge is 0.377 e. The number of guanidine groups is 1. The second-order valence-electron chi connectivity index (χ2n) is 7.64. The van der Waals surface area contributed by atoms with E-state index in [1.165, 1.54) is 12.1 Å². The Hall–Kier alpha value is -0.960. The fraction of sp³-hybridized carbons (Fsp3) is 0.632. The van der Waals surface area contributed by atoms with Crippen LogP contribution in [0.1, 0.15) is 45.2 Å². The van der Waals surface area contributed by atoms with Crippen molar-refractivity contribution in [1.82, 2.24) is 10.6 Å². The molecule has 1 aromatic carbocycles. The fourth-order valence-electron chi connectivity index (χ4n) is 4.27. The van der Waals surface area contributed by atoms with E-state index in [0.29, 0.717) is 17.4 Å². The molecule has 1 aromatic rings. The van der Waals surface area contributed by atoms with E-state index in [2.05, 4.69) is 29.5 Å². The number of halogens is 3. The van der Waals surface area contributed by atoms with Crippen molar-refractivity contribution in [2.45, 2.75) is 51.8 Å². The normalized spacial score (nSPS) is 28.2. The van der Waals surface area contributed by atoms with Gasteiger partial charge in [0.1, 0.15) is 11.6 Å². The van der Waals surface area contributed by atoms with Gasteiger partial charge in [-0.1, -0.05) is 19.9 Å². The Labute approximate surface area is 171 Å². The molecule has 1 heterocycles. The second-order valence-corrected chi connectivity index (χ2v) is 7.64. The minimum absolute atomic E-state index is 0. The van der Waals surface area contributed by atoms with Crippen LogP contribution in [0.3, 0.4) is 0 Å². The lowest BCUT2D eigenvalue weighted by atomic mass is 9.55. The van der Waals surface area contributed by atoms with Gasteiger partial charge in [0.15, 0.2) is 5.96 Å². The van der Waals surface area contributed by atoms with Gasteiger partial charge in [0.25, 0.3) is 0 Å². The number of aliphatic imine (C=N–C) groups is 1. The number of benzene rings is 1. The number of nitrogens with one attached hydrogen (secondary N) is 2. The maximum atomic E-state index is 14.0. The Balaban J connectivity index is 0.00000243. The van der Waals surface area contributed by atoms with Crippen LogP contribution in [0.5, 0.6) is 0 Å². The fourth-order valence-corrected chi connectivity index (χ4v) is 4.27. The van der Waals surface area contributed by atoms with Crippen molar-refractivity contribution in [2.75, 3.05) is 13.7 Å². The van der Waals surface area contributed by atoms with Gasteiger partial charge in [-0.25, -0.2) is 8.78 Å². The smallest absolute Gasteiger partial charge is 0.191 e. The van der Waals surface area contributed by atoms with E-state index >= 15 is 0 Å². The lowest BCUT2D eigenvalue weighted by Crippen LogP contribution is -2.71. The van der Waals surface area contributed by atoms with Gasteiger partial charge in [-0.3, -0.25) is 4.99 Å². The van der Waals surface area contributed by atoms with E-state index in [-0.39, 0.29) is 47.6 Å². The summed E-state index contributed by atoms with van der Waals surface area (Å²) in [6.07, 6.45) is 2.51. The van der Waals surface area contributed by atoms with Gasteiger partial charge in [-0.05, 0) is 25.8 Å². The molecule has 1 saturated carbocycles. The van der Waals surface area contributed by atoms with Crippen molar-refractivity contribution in [3.8, 4) is 0 Å². The first-order chi connectivity index (χ1) is 11.8. The molecule has 1 saturated heterocycles. The molecule has 2 aliphatic rings. The number of fused-ring (bicyclic) bond motifs is 1. The average molecular weight is 479 g/mol. The van der Waals surface area contributed by atoms with E-state index in [0.717, 1.165) is 25.5 Å². The van der Waals surface area contributed by atoms with Gasteiger partial charge < -0.3 is 15.4 Å². The van der Waals surface area contributed by atoms with Crippen molar-refractivity contribution in [3.63, 3.8) is 0 Å². The molecule has 2 fully saturated rings. The highest BCUT2D eigenvalue weighted by Gasteiger charge is 2.58. The monoisotopic (exact) mass is 479 g/mol. The van der Waals surface area contributed by atoms with Crippen LogP contribution in [0.2, 0.25) is 0 Å². The van der Waals surface area contributed by atoms with E-state index in [1.54, 1.807) is 7.05 Å². The maximum absolute atomic E-state index is 14.0. The summed E-state index contributed by atoms with van der Waals surface area (Å²) in [4.78, 5) is 4.28. The van der Waals surface area contributed by atoms with Gasteiger partial charge in [0.05, 0.1) is 12.1 Å². The molecule has 0 aromatic heterocycles. The van der Waals surface area contributed by atoms with Gasteiger partial charge in [0.2, 0.25) is 0 Å². The number of ether oxygens (including phenoxy) is 1. The van der Waals surface area contributed by atoms with Crippen LogP contribution in [0.4, 0.5) is 8.78 Å². The number of nitrogens with zero attached hydrogens (tertiary/aromatic N) is 1. The van der Waals surface area contributed by atoms with Crippen molar-refractivity contribution in [1.29, 1.82) is 0 Å². The highest BCUT2D eigenvalue weighted by molar-refractivity contribution is 14.0. The van der Waals surface area contributed by atoms with Crippen LogP contribution in [0.25, 0.3) is 0 Å². The van der Waals surface area contributed by atoms with Crippen molar-refractivity contribution in [2.24, 2.45) is 16.3 Å². The molecule has 1 aliphatic carbocycles. The Morgan fingerprint density at radius 1 is 1.35 bits per heavy atom. The molecule has 4 atom stereocenters. The van der Waals surface area contributed by atoms with Crippen LogP contribution in [-0.2, 0) is 4.74 Å². The average Bonchev–Trinajstić information content (AvgIpc) is 2.58. The Kier molecular flexibility index (Phi) is 6.87. The highest BCUT2D eigenvalue weighted by atomic mass is 127. The summed E-state index contributed by atoms with van der Waals surface area (Å²) < 4.78 is 33.0. The third-order valence-corrected chi connectivity index (χ3v) is 5.63. The maximum Gasteiger partial charge on any atom is 0.191 e. The lowest BCUT2D eigenvalue weighted by molar-refractivity contribution is -0.188. The summed E-state index contributed by atoms with van der Waals surface area (Å²) >= 11 is 0. The quantitative estimate of drug-likeness (QED) is 0.391. The molecule has 4 unspecified atom stereocenters. The molecule has 7 heteroatoms. The molecule has 0 radical (unpaired) electrons. The minimum Gasteiger partial charge on any atom is -0.377 e. The molecule has 1 aliphatic heterocycles. The molecule has 3 rings (SSSR count). The summed E-state index contributed by atoms with van der Waals surface area (Å²) in [5.74, 6) is -0.0332. The summed E-state index contributed by atoms with van der Waals surface area (Å²) in [6.45, 7) is 7.08. The zero-order valence-electron chi connectivity index (χ0n) is 15.7. The first-order valence-electron chi connectivity index (χ1n) is 8.91. The van der Waals surface area contributed by atoms with Crippen LogP contribution >= 0.6 is 24.0 Å². The first-order valence-corrected chi connectivity index (χ1v) is 8.91. The predicted molar refractivity (Wildman–Crippen MR) is 110 cm³/mol. The van der Waals surface area contributed by atoms with Crippen LogP contribution in [0, 0.1) is 23.0 Å². The molecule has 26 heavy (non-hydrogen) atoms. The van der Waals surface area contributed by atoms with E-state index < -0.39 is 11.6 Å².